The first-order valence-corrected chi connectivity index (χ1v) is 7.37. The van der Waals surface area contributed by atoms with Gasteiger partial charge in [0.05, 0.1) is 0 Å². The maximum atomic E-state index is 12.0. The van der Waals surface area contributed by atoms with Gasteiger partial charge in [0.25, 0.3) is 0 Å². The van der Waals surface area contributed by atoms with E-state index in [0.29, 0.717) is 19.4 Å². The SMILES string of the molecule is Cc1ccccc1CNC(=O)NC1(C(=O)O)CCCCC1. The minimum atomic E-state index is -1.10. The van der Waals surface area contributed by atoms with Crippen LogP contribution in [-0.2, 0) is 11.3 Å². The second-order valence-electron chi connectivity index (χ2n) is 5.68. The highest BCUT2D eigenvalue weighted by atomic mass is 16.4. The van der Waals surface area contributed by atoms with Gasteiger partial charge in [-0.1, -0.05) is 43.5 Å². The molecule has 1 fully saturated rings. The zero-order valence-corrected chi connectivity index (χ0v) is 12.3. The highest BCUT2D eigenvalue weighted by Crippen LogP contribution is 2.28. The molecule has 0 atom stereocenters. The van der Waals surface area contributed by atoms with E-state index in [9.17, 15) is 14.7 Å². The fourth-order valence-electron chi connectivity index (χ4n) is 2.79. The van der Waals surface area contributed by atoms with Crippen LogP contribution in [0.15, 0.2) is 24.3 Å². The van der Waals surface area contributed by atoms with Crippen molar-refractivity contribution in [1.82, 2.24) is 10.6 Å². The Morgan fingerprint density at radius 3 is 2.48 bits per heavy atom. The molecular weight excluding hydrogens is 268 g/mol. The van der Waals surface area contributed by atoms with Crippen LogP contribution in [0.1, 0.15) is 43.2 Å². The lowest BCUT2D eigenvalue weighted by molar-refractivity contribution is -0.145. The summed E-state index contributed by atoms with van der Waals surface area (Å²) < 4.78 is 0. The van der Waals surface area contributed by atoms with Crippen LogP contribution in [0.5, 0.6) is 0 Å². The number of carboxylic acids is 1. The highest BCUT2D eigenvalue weighted by molar-refractivity contribution is 5.86. The number of hydrogen-bond acceptors (Lipinski definition) is 2. The van der Waals surface area contributed by atoms with Crippen LogP contribution in [-0.4, -0.2) is 22.6 Å². The molecule has 1 aromatic rings. The number of carboxylic acid groups (broad SMARTS) is 1. The summed E-state index contributed by atoms with van der Waals surface area (Å²) in [5.41, 5.74) is 1.03. The molecule has 0 spiro atoms. The predicted octanol–water partition coefficient (Wildman–Crippen LogP) is 2.58. The third kappa shape index (κ3) is 3.74. The number of benzene rings is 1. The second kappa shape index (κ2) is 6.61. The van der Waals surface area contributed by atoms with Gasteiger partial charge in [0.15, 0.2) is 0 Å². The summed E-state index contributed by atoms with van der Waals surface area (Å²) in [5.74, 6) is -0.937. The first kappa shape index (κ1) is 15.4. The average molecular weight is 290 g/mol. The molecule has 0 radical (unpaired) electrons. The summed E-state index contributed by atoms with van der Waals surface area (Å²) in [7, 11) is 0. The van der Waals surface area contributed by atoms with Crippen molar-refractivity contribution in [2.45, 2.75) is 51.1 Å². The Morgan fingerprint density at radius 2 is 1.86 bits per heavy atom. The van der Waals surface area contributed by atoms with E-state index in [1.165, 1.54) is 0 Å². The summed E-state index contributed by atoms with van der Waals surface area (Å²) in [5, 5.41) is 14.8. The van der Waals surface area contributed by atoms with E-state index in [1.54, 1.807) is 0 Å². The molecule has 0 unspecified atom stereocenters. The maximum absolute atomic E-state index is 12.0. The van der Waals surface area contributed by atoms with Crippen molar-refractivity contribution in [3.05, 3.63) is 35.4 Å². The Balaban J connectivity index is 1.94. The number of carbonyl (C=O) groups excluding carboxylic acids is 1. The van der Waals surface area contributed by atoms with Crippen LogP contribution in [0.3, 0.4) is 0 Å². The quantitative estimate of drug-likeness (QED) is 0.797. The predicted molar refractivity (Wildman–Crippen MR) is 80.0 cm³/mol. The maximum Gasteiger partial charge on any atom is 0.329 e. The van der Waals surface area contributed by atoms with Crippen molar-refractivity contribution >= 4 is 12.0 Å². The Hall–Kier alpha value is -2.04. The summed E-state index contributed by atoms with van der Waals surface area (Å²) in [6.45, 7) is 2.38. The van der Waals surface area contributed by atoms with Gasteiger partial charge in [-0.2, -0.15) is 0 Å². The Labute approximate surface area is 124 Å². The monoisotopic (exact) mass is 290 g/mol. The third-order valence-corrected chi connectivity index (χ3v) is 4.17. The number of carbonyl (C=O) groups is 2. The third-order valence-electron chi connectivity index (χ3n) is 4.17. The number of aliphatic carboxylic acids is 1. The van der Waals surface area contributed by atoms with E-state index in [4.69, 9.17) is 0 Å². The lowest BCUT2D eigenvalue weighted by Gasteiger charge is -2.33. The summed E-state index contributed by atoms with van der Waals surface area (Å²) in [6.07, 6.45) is 3.70. The minimum absolute atomic E-state index is 0.397. The van der Waals surface area contributed by atoms with E-state index in [0.717, 1.165) is 30.4 Å². The van der Waals surface area contributed by atoms with Gasteiger partial charge in [-0.15, -0.1) is 0 Å². The van der Waals surface area contributed by atoms with Gasteiger partial charge in [0, 0.05) is 6.54 Å². The molecule has 2 rings (SSSR count). The fraction of sp³-hybridized carbons (Fsp3) is 0.500. The van der Waals surface area contributed by atoms with Crippen LogP contribution in [0.2, 0.25) is 0 Å². The summed E-state index contributed by atoms with van der Waals surface area (Å²) in [4.78, 5) is 23.5. The van der Waals surface area contributed by atoms with Crippen LogP contribution in [0.4, 0.5) is 4.79 Å². The molecule has 1 saturated carbocycles. The van der Waals surface area contributed by atoms with Crippen molar-refractivity contribution in [2.24, 2.45) is 0 Å². The van der Waals surface area contributed by atoms with E-state index in [-0.39, 0.29) is 0 Å². The molecule has 114 valence electrons. The van der Waals surface area contributed by atoms with E-state index in [1.807, 2.05) is 31.2 Å². The summed E-state index contributed by atoms with van der Waals surface area (Å²) >= 11 is 0. The van der Waals surface area contributed by atoms with E-state index in [2.05, 4.69) is 10.6 Å². The van der Waals surface area contributed by atoms with E-state index >= 15 is 0 Å². The van der Waals surface area contributed by atoms with Gasteiger partial charge >= 0.3 is 12.0 Å². The molecule has 5 heteroatoms. The average Bonchev–Trinajstić information content (AvgIpc) is 2.47. The number of nitrogens with one attached hydrogen (secondary N) is 2. The number of rotatable bonds is 4. The smallest absolute Gasteiger partial charge is 0.329 e. The van der Waals surface area contributed by atoms with Crippen LogP contribution in [0.25, 0.3) is 0 Å². The minimum Gasteiger partial charge on any atom is -0.480 e. The number of amides is 2. The molecule has 21 heavy (non-hydrogen) atoms. The molecule has 0 bridgehead atoms. The molecule has 3 N–H and O–H groups in total. The Bertz CT molecular complexity index is 522. The Kier molecular flexibility index (Phi) is 4.83. The molecule has 1 aromatic carbocycles. The van der Waals surface area contributed by atoms with Crippen molar-refractivity contribution in [3.8, 4) is 0 Å². The number of aryl methyl sites for hydroxylation is 1. The van der Waals surface area contributed by atoms with Gasteiger partial charge in [-0.05, 0) is 30.9 Å². The van der Waals surface area contributed by atoms with Crippen LogP contribution >= 0.6 is 0 Å². The van der Waals surface area contributed by atoms with Gasteiger partial charge in [-0.3, -0.25) is 0 Å². The highest BCUT2D eigenvalue weighted by Gasteiger charge is 2.40. The second-order valence-corrected chi connectivity index (χ2v) is 5.68. The fourth-order valence-corrected chi connectivity index (χ4v) is 2.79. The van der Waals surface area contributed by atoms with Crippen molar-refractivity contribution in [2.75, 3.05) is 0 Å². The summed E-state index contributed by atoms with van der Waals surface area (Å²) in [6, 6.07) is 7.38. The Morgan fingerprint density at radius 1 is 1.19 bits per heavy atom. The topological polar surface area (TPSA) is 78.4 Å². The molecule has 0 aromatic heterocycles. The molecule has 0 saturated heterocycles. The number of urea groups is 1. The van der Waals surface area contributed by atoms with E-state index < -0.39 is 17.5 Å². The van der Waals surface area contributed by atoms with Gasteiger partial charge in [0.1, 0.15) is 5.54 Å². The first-order valence-electron chi connectivity index (χ1n) is 7.37. The normalized spacial score (nSPS) is 17.0. The van der Waals surface area contributed by atoms with Crippen molar-refractivity contribution < 1.29 is 14.7 Å². The van der Waals surface area contributed by atoms with Crippen LogP contribution < -0.4 is 10.6 Å². The molecule has 0 aliphatic heterocycles. The standard InChI is InChI=1S/C16H22N2O3/c1-12-7-3-4-8-13(12)11-17-15(21)18-16(14(19)20)9-5-2-6-10-16/h3-4,7-8H,2,5-6,9-11H2,1H3,(H,19,20)(H2,17,18,21). The molecule has 2 amide bonds. The first-order chi connectivity index (χ1) is 10.0. The van der Waals surface area contributed by atoms with Gasteiger partial charge in [0.2, 0.25) is 0 Å². The van der Waals surface area contributed by atoms with Crippen molar-refractivity contribution in [1.29, 1.82) is 0 Å². The zero-order valence-electron chi connectivity index (χ0n) is 12.3. The molecule has 1 aliphatic rings. The zero-order chi connectivity index (χ0) is 15.3. The molecule has 1 aliphatic carbocycles. The number of hydrogen-bond donors (Lipinski definition) is 3. The molecular formula is C16H22N2O3. The molecule has 0 heterocycles. The van der Waals surface area contributed by atoms with Gasteiger partial charge < -0.3 is 15.7 Å². The largest absolute Gasteiger partial charge is 0.480 e. The lowest BCUT2D eigenvalue weighted by atomic mass is 9.82. The molecule has 5 nitrogen and oxygen atoms in total. The van der Waals surface area contributed by atoms with Gasteiger partial charge in [-0.25, -0.2) is 9.59 Å². The lowest BCUT2D eigenvalue weighted by Crippen LogP contribution is -2.57. The van der Waals surface area contributed by atoms with Crippen LogP contribution in [0, 0.1) is 6.92 Å². The van der Waals surface area contributed by atoms with Crippen molar-refractivity contribution in [3.63, 3.8) is 0 Å².